The van der Waals surface area contributed by atoms with Crippen molar-refractivity contribution in [2.75, 3.05) is 7.11 Å². The number of esters is 1. The smallest absolute Gasteiger partial charge is 0.461 e. The summed E-state index contributed by atoms with van der Waals surface area (Å²) in [4.78, 5) is 22.8. The van der Waals surface area contributed by atoms with Gasteiger partial charge >= 0.3 is 24.5 Å². The van der Waals surface area contributed by atoms with Gasteiger partial charge in [0, 0.05) is 6.08 Å². The molecule has 154 valence electrons. The van der Waals surface area contributed by atoms with Crippen molar-refractivity contribution in [3.63, 3.8) is 0 Å². The summed E-state index contributed by atoms with van der Waals surface area (Å²) in [5.74, 6) is -2.40. The first kappa shape index (κ1) is 21.7. The number of hydrogen-bond donors (Lipinski definition) is 1. The van der Waals surface area contributed by atoms with Crippen LogP contribution in [0, 0.1) is 0 Å². The van der Waals surface area contributed by atoms with Crippen LogP contribution < -0.4 is 14.2 Å². The van der Waals surface area contributed by atoms with Crippen molar-refractivity contribution in [2.45, 2.75) is 12.5 Å². The fourth-order valence-electron chi connectivity index (χ4n) is 2.06. The van der Waals surface area contributed by atoms with Crippen LogP contribution in [0.1, 0.15) is 15.9 Å². The molecule has 0 aliphatic carbocycles. The summed E-state index contributed by atoms with van der Waals surface area (Å²) >= 11 is 0. The Bertz CT molecular complexity index is 909. The highest BCUT2D eigenvalue weighted by Crippen LogP contribution is 2.30. The van der Waals surface area contributed by atoms with Gasteiger partial charge in [0.1, 0.15) is 5.75 Å². The summed E-state index contributed by atoms with van der Waals surface area (Å²) in [6.45, 7) is 0. The molecule has 0 radical (unpaired) electrons. The lowest BCUT2D eigenvalue weighted by Gasteiger charge is -2.16. The molecule has 0 aromatic heterocycles. The van der Waals surface area contributed by atoms with E-state index in [9.17, 15) is 27.2 Å². The van der Waals surface area contributed by atoms with E-state index in [1.807, 2.05) is 0 Å². The van der Waals surface area contributed by atoms with E-state index < -0.39 is 30.2 Å². The zero-order chi connectivity index (χ0) is 21.6. The molecular weight excluding hydrogens is 400 g/mol. The van der Waals surface area contributed by atoms with Crippen LogP contribution in [0.15, 0.2) is 48.5 Å². The number of benzene rings is 2. The number of rotatable bonds is 8. The van der Waals surface area contributed by atoms with Crippen molar-refractivity contribution < 1.29 is 46.5 Å². The SMILES string of the molecule is COc1cc(/C=C/C(=O)O)ccc1OC(=O)c1ccc(OC(F)(F)C(F)F)cc1. The Kier molecular flexibility index (Phi) is 6.81. The Labute approximate surface area is 161 Å². The molecule has 0 atom stereocenters. The lowest BCUT2D eigenvalue weighted by atomic mass is 10.2. The first-order valence-electron chi connectivity index (χ1n) is 7.88. The van der Waals surface area contributed by atoms with Gasteiger partial charge in [0.2, 0.25) is 0 Å². The molecule has 0 spiro atoms. The van der Waals surface area contributed by atoms with Crippen LogP contribution in [0.2, 0.25) is 0 Å². The van der Waals surface area contributed by atoms with Crippen LogP contribution in [0.3, 0.4) is 0 Å². The number of methoxy groups -OCH3 is 1. The number of aliphatic carboxylic acids is 1. The molecule has 0 unspecified atom stereocenters. The van der Waals surface area contributed by atoms with Gasteiger partial charge in [0.05, 0.1) is 12.7 Å². The zero-order valence-corrected chi connectivity index (χ0v) is 14.8. The Morgan fingerprint density at radius 1 is 1.07 bits per heavy atom. The minimum Gasteiger partial charge on any atom is -0.493 e. The summed E-state index contributed by atoms with van der Waals surface area (Å²) in [5, 5.41) is 8.63. The molecule has 0 heterocycles. The molecule has 0 saturated heterocycles. The largest absolute Gasteiger partial charge is 0.493 e. The number of hydrogen-bond acceptors (Lipinski definition) is 5. The Morgan fingerprint density at radius 2 is 1.72 bits per heavy atom. The van der Waals surface area contributed by atoms with E-state index in [0.29, 0.717) is 5.56 Å². The highest BCUT2D eigenvalue weighted by Gasteiger charge is 2.43. The lowest BCUT2D eigenvalue weighted by molar-refractivity contribution is -0.253. The van der Waals surface area contributed by atoms with Gasteiger partial charge in [0.15, 0.2) is 11.5 Å². The molecule has 0 saturated carbocycles. The van der Waals surface area contributed by atoms with Gasteiger partial charge in [-0.1, -0.05) is 6.07 Å². The second-order valence-corrected chi connectivity index (χ2v) is 5.46. The number of halogens is 4. The maximum atomic E-state index is 12.9. The van der Waals surface area contributed by atoms with Crippen LogP contribution in [-0.2, 0) is 4.79 Å². The molecule has 2 aromatic carbocycles. The van der Waals surface area contributed by atoms with E-state index in [2.05, 4.69) is 4.74 Å². The average molecular weight is 414 g/mol. The molecule has 0 aliphatic rings. The van der Waals surface area contributed by atoms with Crippen molar-refractivity contribution in [1.29, 1.82) is 0 Å². The Hall–Kier alpha value is -3.56. The van der Waals surface area contributed by atoms with Crippen molar-refractivity contribution in [3.05, 3.63) is 59.7 Å². The van der Waals surface area contributed by atoms with E-state index in [4.69, 9.17) is 14.6 Å². The fourth-order valence-corrected chi connectivity index (χ4v) is 2.06. The summed E-state index contributed by atoms with van der Waals surface area (Å²) in [6, 6.07) is 8.26. The maximum absolute atomic E-state index is 12.9. The zero-order valence-electron chi connectivity index (χ0n) is 14.8. The quantitative estimate of drug-likeness (QED) is 0.301. The summed E-state index contributed by atoms with van der Waals surface area (Å²) in [7, 11) is 1.31. The highest BCUT2D eigenvalue weighted by molar-refractivity contribution is 5.91. The predicted molar refractivity (Wildman–Crippen MR) is 92.6 cm³/mol. The van der Waals surface area contributed by atoms with E-state index in [-0.39, 0.29) is 17.1 Å². The second kappa shape index (κ2) is 9.09. The lowest BCUT2D eigenvalue weighted by Crippen LogP contribution is -2.33. The van der Waals surface area contributed by atoms with E-state index >= 15 is 0 Å². The standard InChI is InChI=1S/C19H14F4O6/c1-27-15-10-11(3-9-16(24)25)2-8-14(15)28-17(26)12-4-6-13(7-5-12)29-19(22,23)18(20)21/h2-10,18H,1H3,(H,24,25)/b9-3+. The van der Waals surface area contributed by atoms with Gasteiger partial charge in [-0.05, 0) is 48.0 Å². The van der Waals surface area contributed by atoms with E-state index in [0.717, 1.165) is 30.3 Å². The molecule has 1 N–H and O–H groups in total. The molecule has 2 aromatic rings. The maximum Gasteiger partial charge on any atom is 0.461 e. The molecule has 6 nitrogen and oxygen atoms in total. The second-order valence-electron chi connectivity index (χ2n) is 5.46. The molecule has 0 aliphatic heterocycles. The fraction of sp³-hybridized carbons (Fsp3) is 0.158. The average Bonchev–Trinajstić information content (AvgIpc) is 2.67. The number of carboxylic acid groups (broad SMARTS) is 1. The summed E-state index contributed by atoms with van der Waals surface area (Å²) < 4.78 is 64.2. The number of carbonyl (C=O) groups excluding carboxylic acids is 1. The molecule has 0 fully saturated rings. The van der Waals surface area contributed by atoms with Gasteiger partial charge in [-0.25, -0.2) is 9.59 Å². The first-order chi connectivity index (χ1) is 13.6. The number of carboxylic acids is 1. The molecular formula is C19H14F4O6. The van der Waals surface area contributed by atoms with Crippen LogP contribution in [0.5, 0.6) is 17.2 Å². The third-order valence-corrected chi connectivity index (χ3v) is 3.41. The van der Waals surface area contributed by atoms with Crippen molar-refractivity contribution in [1.82, 2.24) is 0 Å². The number of alkyl halides is 4. The number of carbonyl (C=O) groups is 2. The Balaban J connectivity index is 2.12. The van der Waals surface area contributed by atoms with E-state index in [1.54, 1.807) is 0 Å². The third kappa shape index (κ3) is 5.96. The van der Waals surface area contributed by atoms with Crippen LogP contribution in [-0.4, -0.2) is 36.7 Å². The minimum atomic E-state index is -4.66. The van der Waals surface area contributed by atoms with Gasteiger partial charge < -0.3 is 19.3 Å². The predicted octanol–water partition coefficient (Wildman–Crippen LogP) is 4.25. The molecule has 2 rings (SSSR count). The topological polar surface area (TPSA) is 82.1 Å². The summed E-state index contributed by atoms with van der Waals surface area (Å²) in [5.41, 5.74) is 0.417. The Morgan fingerprint density at radius 3 is 2.28 bits per heavy atom. The third-order valence-electron chi connectivity index (χ3n) is 3.41. The first-order valence-corrected chi connectivity index (χ1v) is 7.88. The van der Waals surface area contributed by atoms with Crippen LogP contribution >= 0.6 is 0 Å². The summed E-state index contributed by atoms with van der Waals surface area (Å²) in [6.07, 6.45) is -6.44. The molecule has 0 bridgehead atoms. The van der Waals surface area contributed by atoms with E-state index in [1.165, 1.54) is 31.4 Å². The van der Waals surface area contributed by atoms with Crippen molar-refractivity contribution in [3.8, 4) is 17.2 Å². The molecule has 10 heteroatoms. The van der Waals surface area contributed by atoms with Gasteiger partial charge in [-0.2, -0.15) is 17.6 Å². The van der Waals surface area contributed by atoms with Crippen molar-refractivity contribution in [2.24, 2.45) is 0 Å². The van der Waals surface area contributed by atoms with Gasteiger partial charge in [0.25, 0.3) is 0 Å². The van der Waals surface area contributed by atoms with Gasteiger partial charge in [-0.3, -0.25) is 0 Å². The normalized spacial score (nSPS) is 11.5. The number of ether oxygens (including phenoxy) is 3. The monoisotopic (exact) mass is 414 g/mol. The molecule has 0 amide bonds. The van der Waals surface area contributed by atoms with Crippen LogP contribution in [0.4, 0.5) is 17.6 Å². The minimum absolute atomic E-state index is 0.0227. The highest BCUT2D eigenvalue weighted by atomic mass is 19.3. The van der Waals surface area contributed by atoms with Gasteiger partial charge in [-0.15, -0.1) is 0 Å². The van der Waals surface area contributed by atoms with Crippen LogP contribution in [0.25, 0.3) is 6.08 Å². The van der Waals surface area contributed by atoms with Crippen molar-refractivity contribution >= 4 is 18.0 Å². The molecule has 29 heavy (non-hydrogen) atoms.